The van der Waals surface area contributed by atoms with Gasteiger partial charge in [-0.05, 0) is 25.0 Å². The Morgan fingerprint density at radius 2 is 1.94 bits per heavy atom. The molecule has 0 spiro atoms. The van der Waals surface area contributed by atoms with E-state index in [1.807, 2.05) is 4.90 Å². The van der Waals surface area contributed by atoms with Crippen LogP contribution in [0.4, 0.5) is 0 Å². The van der Waals surface area contributed by atoms with E-state index in [0.29, 0.717) is 18.7 Å². The van der Waals surface area contributed by atoms with Gasteiger partial charge in [0.05, 0.1) is 0 Å². The highest BCUT2D eigenvalue weighted by Gasteiger charge is 2.21. The molecule has 4 nitrogen and oxygen atoms in total. The topological polar surface area (TPSA) is 59.2 Å². The second kappa shape index (κ2) is 7.01. The summed E-state index contributed by atoms with van der Waals surface area (Å²) in [6, 6.07) is 3.75. The van der Waals surface area contributed by atoms with Gasteiger partial charge in [0.15, 0.2) is 0 Å². The highest BCUT2D eigenvalue weighted by atomic mass is 16.2. The van der Waals surface area contributed by atoms with Gasteiger partial charge in [-0.3, -0.25) is 9.78 Å². The van der Waals surface area contributed by atoms with Crippen molar-refractivity contribution in [2.24, 2.45) is 5.73 Å². The third kappa shape index (κ3) is 3.53. The molecular weight excluding hydrogens is 214 g/mol. The van der Waals surface area contributed by atoms with Crippen LogP contribution in [-0.2, 0) is 0 Å². The van der Waals surface area contributed by atoms with Crippen molar-refractivity contribution >= 4 is 5.91 Å². The molecule has 0 atom stereocenters. The number of hydrogen-bond donors (Lipinski definition) is 1. The van der Waals surface area contributed by atoms with E-state index in [2.05, 4.69) is 18.8 Å². The molecule has 0 aromatic carbocycles. The van der Waals surface area contributed by atoms with Crippen LogP contribution in [0.1, 0.15) is 37.0 Å². The van der Waals surface area contributed by atoms with Crippen molar-refractivity contribution < 1.29 is 4.79 Å². The molecule has 0 aliphatic heterocycles. The summed E-state index contributed by atoms with van der Waals surface area (Å²) in [6.07, 6.45) is 5.18. The summed E-state index contributed by atoms with van der Waals surface area (Å²) < 4.78 is 0. The second-order valence-corrected chi connectivity index (χ2v) is 3.99. The van der Waals surface area contributed by atoms with Crippen LogP contribution in [-0.4, -0.2) is 34.9 Å². The van der Waals surface area contributed by atoms with Gasteiger partial charge in [0.25, 0.3) is 5.91 Å². The van der Waals surface area contributed by atoms with Crippen molar-refractivity contribution in [3.05, 3.63) is 30.1 Å². The monoisotopic (exact) mass is 235 g/mol. The van der Waals surface area contributed by atoms with Gasteiger partial charge >= 0.3 is 0 Å². The van der Waals surface area contributed by atoms with E-state index in [0.717, 1.165) is 12.8 Å². The smallest absolute Gasteiger partial charge is 0.254 e. The molecule has 0 unspecified atom stereocenters. The van der Waals surface area contributed by atoms with E-state index in [-0.39, 0.29) is 11.9 Å². The molecule has 4 heteroatoms. The van der Waals surface area contributed by atoms with Crippen LogP contribution in [0.3, 0.4) is 0 Å². The van der Waals surface area contributed by atoms with Crippen molar-refractivity contribution in [2.75, 3.05) is 13.1 Å². The first-order valence-electron chi connectivity index (χ1n) is 6.15. The largest absolute Gasteiger partial charge is 0.334 e. The molecule has 0 saturated heterocycles. The molecular formula is C13H21N3O. The number of amides is 1. The minimum atomic E-state index is 0.0477. The fourth-order valence-corrected chi connectivity index (χ4v) is 1.98. The lowest BCUT2D eigenvalue weighted by atomic mass is 10.1. The standard InChI is InChI=1S/C13H21N3O/c1-3-12(4-2)16(10-7-14)13(17)11-5-8-15-9-6-11/h5-6,8-9,12H,3-4,7,10,14H2,1-2H3. The van der Waals surface area contributed by atoms with E-state index in [1.54, 1.807) is 24.5 Å². The number of aromatic nitrogens is 1. The maximum atomic E-state index is 12.3. The van der Waals surface area contributed by atoms with Crippen LogP contribution in [0.25, 0.3) is 0 Å². The van der Waals surface area contributed by atoms with Gasteiger partial charge in [0.2, 0.25) is 0 Å². The Morgan fingerprint density at radius 3 is 2.41 bits per heavy atom. The summed E-state index contributed by atoms with van der Waals surface area (Å²) in [7, 11) is 0. The Balaban J connectivity index is 2.87. The fraction of sp³-hybridized carbons (Fsp3) is 0.538. The number of carbonyl (C=O) groups is 1. The third-order valence-electron chi connectivity index (χ3n) is 2.94. The normalized spacial score (nSPS) is 10.6. The molecule has 1 aromatic rings. The van der Waals surface area contributed by atoms with Gasteiger partial charge < -0.3 is 10.6 Å². The summed E-state index contributed by atoms with van der Waals surface area (Å²) in [5.74, 6) is 0.0477. The first kappa shape index (κ1) is 13.6. The zero-order valence-corrected chi connectivity index (χ0v) is 10.6. The summed E-state index contributed by atoms with van der Waals surface area (Å²) in [6.45, 7) is 5.29. The second-order valence-electron chi connectivity index (χ2n) is 3.99. The van der Waals surface area contributed by atoms with Crippen molar-refractivity contribution in [1.82, 2.24) is 9.88 Å². The molecule has 17 heavy (non-hydrogen) atoms. The van der Waals surface area contributed by atoms with Crippen LogP contribution < -0.4 is 5.73 Å². The third-order valence-corrected chi connectivity index (χ3v) is 2.94. The fourth-order valence-electron chi connectivity index (χ4n) is 1.98. The number of carbonyl (C=O) groups excluding carboxylic acids is 1. The molecule has 1 amide bonds. The molecule has 0 aliphatic carbocycles. The van der Waals surface area contributed by atoms with Crippen LogP contribution in [0.2, 0.25) is 0 Å². The van der Waals surface area contributed by atoms with Gasteiger partial charge in [-0.15, -0.1) is 0 Å². The van der Waals surface area contributed by atoms with Crippen molar-refractivity contribution in [3.63, 3.8) is 0 Å². The minimum absolute atomic E-state index is 0.0477. The minimum Gasteiger partial charge on any atom is -0.334 e. The predicted molar refractivity (Wildman–Crippen MR) is 68.7 cm³/mol. The Hall–Kier alpha value is -1.42. The van der Waals surface area contributed by atoms with Crippen molar-refractivity contribution in [1.29, 1.82) is 0 Å². The van der Waals surface area contributed by atoms with Crippen LogP contribution in [0, 0.1) is 0 Å². The Morgan fingerprint density at radius 1 is 1.35 bits per heavy atom. The number of hydrogen-bond acceptors (Lipinski definition) is 3. The molecule has 0 saturated carbocycles. The first-order chi connectivity index (χ1) is 8.24. The zero-order valence-electron chi connectivity index (χ0n) is 10.6. The molecule has 1 rings (SSSR count). The number of nitrogens with two attached hydrogens (primary N) is 1. The summed E-state index contributed by atoms with van der Waals surface area (Å²) >= 11 is 0. The lowest BCUT2D eigenvalue weighted by Gasteiger charge is -2.30. The van der Waals surface area contributed by atoms with Gasteiger partial charge in [-0.2, -0.15) is 0 Å². The summed E-state index contributed by atoms with van der Waals surface area (Å²) in [5.41, 5.74) is 6.27. The molecule has 0 radical (unpaired) electrons. The molecule has 2 N–H and O–H groups in total. The maximum Gasteiger partial charge on any atom is 0.254 e. The highest BCUT2D eigenvalue weighted by molar-refractivity contribution is 5.94. The average molecular weight is 235 g/mol. The van der Waals surface area contributed by atoms with E-state index in [4.69, 9.17) is 5.73 Å². The Bertz CT molecular complexity index is 336. The molecule has 0 fully saturated rings. The molecule has 1 aromatic heterocycles. The molecule has 0 aliphatic rings. The molecule has 94 valence electrons. The van der Waals surface area contributed by atoms with E-state index in [1.165, 1.54) is 0 Å². The van der Waals surface area contributed by atoms with Gasteiger partial charge in [-0.1, -0.05) is 13.8 Å². The van der Waals surface area contributed by atoms with Gasteiger partial charge in [0, 0.05) is 37.1 Å². The Kier molecular flexibility index (Phi) is 5.63. The molecule has 1 heterocycles. The van der Waals surface area contributed by atoms with E-state index in [9.17, 15) is 4.79 Å². The van der Waals surface area contributed by atoms with Gasteiger partial charge in [-0.25, -0.2) is 0 Å². The average Bonchev–Trinajstić information content (AvgIpc) is 2.39. The lowest BCUT2D eigenvalue weighted by molar-refractivity contribution is 0.0674. The highest BCUT2D eigenvalue weighted by Crippen LogP contribution is 2.12. The van der Waals surface area contributed by atoms with E-state index >= 15 is 0 Å². The van der Waals surface area contributed by atoms with Crippen molar-refractivity contribution in [3.8, 4) is 0 Å². The number of nitrogens with zero attached hydrogens (tertiary/aromatic N) is 2. The Labute approximate surface area is 103 Å². The first-order valence-corrected chi connectivity index (χ1v) is 6.15. The van der Waals surface area contributed by atoms with E-state index < -0.39 is 0 Å². The van der Waals surface area contributed by atoms with Crippen LogP contribution in [0.15, 0.2) is 24.5 Å². The number of pyridine rings is 1. The SMILES string of the molecule is CCC(CC)N(CCN)C(=O)c1ccncc1. The van der Waals surface area contributed by atoms with Crippen molar-refractivity contribution in [2.45, 2.75) is 32.7 Å². The predicted octanol–water partition coefficient (Wildman–Crippen LogP) is 1.67. The quantitative estimate of drug-likeness (QED) is 0.816. The van der Waals surface area contributed by atoms with Crippen LogP contribution in [0.5, 0.6) is 0 Å². The zero-order chi connectivity index (χ0) is 12.7. The summed E-state index contributed by atoms with van der Waals surface area (Å²) in [5, 5.41) is 0. The molecule has 0 bridgehead atoms. The summed E-state index contributed by atoms with van der Waals surface area (Å²) in [4.78, 5) is 18.1. The maximum absolute atomic E-state index is 12.3. The van der Waals surface area contributed by atoms with Gasteiger partial charge in [0.1, 0.15) is 0 Å². The number of rotatable bonds is 6. The van der Waals surface area contributed by atoms with Crippen LogP contribution >= 0.6 is 0 Å². The lowest BCUT2D eigenvalue weighted by Crippen LogP contribution is -2.42.